The first-order valence-corrected chi connectivity index (χ1v) is 14.1. The Labute approximate surface area is 241 Å². The highest BCUT2D eigenvalue weighted by Gasteiger charge is 2.14. The van der Waals surface area contributed by atoms with E-state index in [0.29, 0.717) is 0 Å². The molecule has 41 heavy (non-hydrogen) atoms. The molecular weight excluding hydrogens is 506 g/mol. The van der Waals surface area contributed by atoms with Crippen LogP contribution in [0.3, 0.4) is 0 Å². The highest BCUT2D eigenvalue weighted by molar-refractivity contribution is 6.01. The van der Waals surface area contributed by atoms with Crippen LogP contribution in [-0.2, 0) is 11.3 Å². The zero-order chi connectivity index (χ0) is 28.6. The number of hydrogen-bond acceptors (Lipinski definition) is 3. The molecular formula is C36H33N3O2. The Bertz CT molecular complexity index is 1660. The molecule has 0 atom stereocenters. The molecule has 0 saturated heterocycles. The number of hydrogen-bond donors (Lipinski definition) is 1. The third-order valence-corrected chi connectivity index (χ3v) is 7.30. The second kappa shape index (κ2) is 12.8. The Hall–Kier alpha value is -5.08. The van der Waals surface area contributed by atoms with Gasteiger partial charge in [0.15, 0.2) is 0 Å². The van der Waals surface area contributed by atoms with Crippen LogP contribution in [0.25, 0.3) is 28.1 Å². The number of aryl methyl sites for hydroxylation is 1. The molecule has 0 bridgehead atoms. The van der Waals surface area contributed by atoms with Crippen LogP contribution in [0.1, 0.15) is 38.2 Å². The second-order valence-corrected chi connectivity index (χ2v) is 10.1. The number of fused-ring (bicyclic) bond motifs is 1. The van der Waals surface area contributed by atoms with Crippen molar-refractivity contribution in [3.05, 3.63) is 120 Å². The highest BCUT2D eigenvalue weighted by atomic mass is 16.4. The maximum atomic E-state index is 11.6. The van der Waals surface area contributed by atoms with Crippen molar-refractivity contribution < 1.29 is 9.90 Å². The van der Waals surface area contributed by atoms with Gasteiger partial charge in [-0.15, -0.1) is 0 Å². The summed E-state index contributed by atoms with van der Waals surface area (Å²) < 4.78 is 2.18. The van der Waals surface area contributed by atoms with Crippen molar-refractivity contribution in [3.8, 4) is 17.2 Å². The largest absolute Gasteiger partial charge is 0.477 e. The van der Waals surface area contributed by atoms with Crippen LogP contribution in [0.2, 0.25) is 0 Å². The lowest BCUT2D eigenvalue weighted by molar-refractivity contribution is -0.132. The minimum absolute atomic E-state index is 0.272. The van der Waals surface area contributed by atoms with E-state index in [4.69, 9.17) is 0 Å². The maximum Gasteiger partial charge on any atom is 0.346 e. The Morgan fingerprint density at radius 2 is 1.44 bits per heavy atom. The number of benzene rings is 4. The number of nitrogens with zero attached hydrogens (tertiary/aromatic N) is 3. The Balaban J connectivity index is 1.52. The van der Waals surface area contributed by atoms with Crippen LogP contribution in [-0.4, -0.2) is 15.6 Å². The van der Waals surface area contributed by atoms with Crippen LogP contribution in [0.5, 0.6) is 0 Å². The fraction of sp³-hybridized carbons (Fsp3) is 0.167. The maximum absolute atomic E-state index is 11.6. The van der Waals surface area contributed by atoms with Gasteiger partial charge in [0.1, 0.15) is 11.6 Å². The van der Waals surface area contributed by atoms with Gasteiger partial charge in [-0.3, -0.25) is 0 Å². The van der Waals surface area contributed by atoms with E-state index in [2.05, 4.69) is 83.1 Å². The van der Waals surface area contributed by atoms with E-state index in [-0.39, 0.29) is 5.57 Å². The number of aliphatic carboxylic acids is 1. The third-order valence-electron chi connectivity index (χ3n) is 7.30. The van der Waals surface area contributed by atoms with E-state index < -0.39 is 5.97 Å². The molecule has 1 aromatic heterocycles. The minimum Gasteiger partial charge on any atom is -0.477 e. The number of rotatable bonds is 11. The van der Waals surface area contributed by atoms with E-state index in [1.807, 2.05) is 48.7 Å². The molecule has 204 valence electrons. The summed E-state index contributed by atoms with van der Waals surface area (Å²) in [4.78, 5) is 13.8. The van der Waals surface area contributed by atoms with Crippen molar-refractivity contribution in [1.82, 2.24) is 4.57 Å². The Morgan fingerprint density at radius 3 is 2.02 bits per heavy atom. The number of unbranched alkanes of at least 4 members (excludes halogenated alkanes) is 3. The van der Waals surface area contributed by atoms with Crippen LogP contribution >= 0.6 is 0 Å². The lowest BCUT2D eigenvalue weighted by Crippen LogP contribution is -2.09. The average Bonchev–Trinajstić information content (AvgIpc) is 3.36. The molecule has 0 aliphatic heterocycles. The SMILES string of the molecule is CCCCCCn1cc(/C=C(/C#N)C(=O)O)c2cc(-c3ccc(N(c4ccccc4)c4ccccc4)cc3)ccc21. The number of nitriles is 1. The molecule has 1 heterocycles. The molecule has 0 aliphatic rings. The summed E-state index contributed by atoms with van der Waals surface area (Å²) >= 11 is 0. The fourth-order valence-corrected chi connectivity index (χ4v) is 5.21. The van der Waals surface area contributed by atoms with E-state index in [1.165, 1.54) is 18.9 Å². The molecule has 5 aromatic rings. The first kappa shape index (κ1) is 27.5. The summed E-state index contributed by atoms with van der Waals surface area (Å²) in [7, 11) is 0. The van der Waals surface area contributed by atoms with Crippen molar-refractivity contribution in [2.45, 2.75) is 39.2 Å². The smallest absolute Gasteiger partial charge is 0.346 e. The number of anilines is 3. The zero-order valence-corrected chi connectivity index (χ0v) is 23.2. The van der Waals surface area contributed by atoms with E-state index in [9.17, 15) is 15.2 Å². The van der Waals surface area contributed by atoms with Gasteiger partial charge >= 0.3 is 5.97 Å². The number of aromatic nitrogens is 1. The van der Waals surface area contributed by atoms with Gasteiger partial charge in [0.05, 0.1) is 0 Å². The van der Waals surface area contributed by atoms with Crippen molar-refractivity contribution in [1.29, 1.82) is 5.26 Å². The number of carboxylic acid groups (broad SMARTS) is 1. The van der Waals surface area contributed by atoms with Gasteiger partial charge in [0, 0.05) is 46.3 Å². The van der Waals surface area contributed by atoms with E-state index in [1.54, 1.807) is 0 Å². The summed E-state index contributed by atoms with van der Waals surface area (Å²) in [5.74, 6) is -1.22. The molecule has 0 fully saturated rings. The monoisotopic (exact) mass is 539 g/mol. The summed E-state index contributed by atoms with van der Waals surface area (Å²) in [6, 6.07) is 37.2. The molecule has 0 spiro atoms. The first-order valence-electron chi connectivity index (χ1n) is 14.1. The number of carbonyl (C=O) groups is 1. The van der Waals surface area contributed by atoms with Crippen molar-refractivity contribution in [2.75, 3.05) is 4.90 Å². The highest BCUT2D eigenvalue weighted by Crippen LogP contribution is 2.36. The molecule has 0 saturated carbocycles. The van der Waals surface area contributed by atoms with Crippen molar-refractivity contribution in [3.63, 3.8) is 0 Å². The number of carboxylic acids is 1. The van der Waals surface area contributed by atoms with Gasteiger partial charge in [0.25, 0.3) is 0 Å². The van der Waals surface area contributed by atoms with Gasteiger partial charge in [-0.05, 0) is 72.2 Å². The summed E-state index contributed by atoms with van der Waals surface area (Å²) in [5, 5.41) is 19.8. The number of para-hydroxylation sites is 2. The average molecular weight is 540 g/mol. The van der Waals surface area contributed by atoms with E-state index >= 15 is 0 Å². The molecule has 0 aliphatic carbocycles. The van der Waals surface area contributed by atoms with Gasteiger partial charge in [-0.1, -0.05) is 80.8 Å². The Kier molecular flexibility index (Phi) is 8.61. The lowest BCUT2D eigenvalue weighted by atomic mass is 10.0. The van der Waals surface area contributed by atoms with Crippen LogP contribution in [0.15, 0.2) is 115 Å². The molecule has 5 heteroatoms. The Morgan fingerprint density at radius 1 is 0.829 bits per heavy atom. The molecule has 5 nitrogen and oxygen atoms in total. The van der Waals surface area contributed by atoms with Gasteiger partial charge in [-0.25, -0.2) is 4.79 Å². The van der Waals surface area contributed by atoms with Crippen LogP contribution in [0, 0.1) is 11.3 Å². The van der Waals surface area contributed by atoms with Gasteiger partial charge in [0.2, 0.25) is 0 Å². The van der Waals surface area contributed by atoms with Crippen LogP contribution in [0.4, 0.5) is 17.1 Å². The van der Waals surface area contributed by atoms with Gasteiger partial charge < -0.3 is 14.6 Å². The third kappa shape index (κ3) is 6.23. The zero-order valence-electron chi connectivity index (χ0n) is 23.2. The van der Waals surface area contributed by atoms with Crippen molar-refractivity contribution >= 4 is 40.0 Å². The predicted molar refractivity (Wildman–Crippen MR) is 167 cm³/mol. The topological polar surface area (TPSA) is 69.3 Å². The minimum atomic E-state index is -1.22. The first-order chi connectivity index (χ1) is 20.1. The van der Waals surface area contributed by atoms with Crippen LogP contribution < -0.4 is 4.90 Å². The van der Waals surface area contributed by atoms with Gasteiger partial charge in [-0.2, -0.15) is 5.26 Å². The standard InChI is InChI=1S/C36H33N3O2/c1-2-3-4-11-22-38-26-30(23-29(25-37)36(40)41)34-24-28(18-21-35(34)38)27-16-19-33(20-17-27)39(31-12-7-5-8-13-31)32-14-9-6-10-15-32/h5-10,12-21,23-24,26H,2-4,11,22H2,1H3,(H,40,41)/b29-23-. The molecule has 0 unspecified atom stereocenters. The molecule has 5 rings (SSSR count). The molecule has 0 amide bonds. The summed E-state index contributed by atoms with van der Waals surface area (Å²) in [5.41, 5.74) is 6.80. The molecule has 4 aromatic carbocycles. The second-order valence-electron chi connectivity index (χ2n) is 10.1. The lowest BCUT2D eigenvalue weighted by Gasteiger charge is -2.25. The molecule has 0 radical (unpaired) electrons. The quantitative estimate of drug-likeness (QED) is 0.103. The molecule has 1 N–H and O–H groups in total. The van der Waals surface area contributed by atoms with E-state index in [0.717, 1.165) is 64.0 Å². The van der Waals surface area contributed by atoms with Crippen molar-refractivity contribution in [2.24, 2.45) is 0 Å². The fourth-order valence-electron chi connectivity index (χ4n) is 5.21. The predicted octanol–water partition coefficient (Wildman–Crippen LogP) is 9.35. The normalized spacial score (nSPS) is 11.4. The summed E-state index contributed by atoms with van der Waals surface area (Å²) in [6.45, 7) is 3.04. The summed E-state index contributed by atoms with van der Waals surface area (Å²) in [6.07, 6.45) is 8.01.